The van der Waals surface area contributed by atoms with Gasteiger partial charge in [0.1, 0.15) is 11.4 Å². The Hall–Kier alpha value is -2.83. The number of rotatable bonds is 3. The minimum Gasteiger partial charge on any atom is -0.465 e. The lowest BCUT2D eigenvalue weighted by Gasteiger charge is -2.12. The lowest BCUT2D eigenvalue weighted by molar-refractivity contribution is 0.0602. The molecule has 0 atom stereocenters. The van der Waals surface area contributed by atoms with E-state index in [1.54, 1.807) is 0 Å². The van der Waals surface area contributed by atoms with Crippen molar-refractivity contribution >= 4 is 29.2 Å². The van der Waals surface area contributed by atoms with Crippen molar-refractivity contribution in [2.45, 2.75) is 6.92 Å². The van der Waals surface area contributed by atoms with Crippen molar-refractivity contribution in [2.75, 3.05) is 23.9 Å². The summed E-state index contributed by atoms with van der Waals surface area (Å²) < 4.78 is 4.68. The molecular weight excluding hydrogens is 258 g/mol. The Morgan fingerprint density at radius 1 is 1.30 bits per heavy atom. The average Bonchev–Trinajstić information content (AvgIpc) is 2.37. The largest absolute Gasteiger partial charge is 0.465 e. The Kier molecular flexibility index (Phi) is 3.69. The molecule has 0 amide bonds. The topological polar surface area (TPSA) is 116 Å². The van der Waals surface area contributed by atoms with Gasteiger partial charge in [0.25, 0.3) is 0 Å². The smallest absolute Gasteiger partial charge is 0.345 e. The maximum Gasteiger partial charge on any atom is 0.345 e. The number of ether oxygens (including phenoxy) is 1. The number of hydrogen-bond donors (Lipinski definition) is 3. The van der Waals surface area contributed by atoms with Crippen LogP contribution in [0.5, 0.6) is 0 Å². The van der Waals surface area contributed by atoms with Crippen molar-refractivity contribution in [2.24, 2.45) is 0 Å². The molecule has 20 heavy (non-hydrogen) atoms. The van der Waals surface area contributed by atoms with Gasteiger partial charge < -0.3 is 21.5 Å². The normalized spacial score (nSPS) is 10.1. The number of aromatic nitrogens is 2. The molecule has 104 valence electrons. The third-order valence-electron chi connectivity index (χ3n) is 2.62. The van der Waals surface area contributed by atoms with Crippen LogP contribution in [0, 0.1) is 6.92 Å². The van der Waals surface area contributed by atoms with Gasteiger partial charge in [-0.1, -0.05) is 12.1 Å². The van der Waals surface area contributed by atoms with Crippen LogP contribution in [0.2, 0.25) is 0 Å². The van der Waals surface area contributed by atoms with Gasteiger partial charge in [-0.3, -0.25) is 0 Å². The third kappa shape index (κ3) is 2.77. The molecule has 2 aromatic rings. The summed E-state index contributed by atoms with van der Waals surface area (Å²) in [5, 5.41) is 3.00. The minimum atomic E-state index is -0.627. The standard InChI is InChI=1S/C13H15N5O2/c1-7-4-3-5-8(6-7)16-11-9(12(19)20-2)10(14)17-13(15)18-11/h3-6H,1-2H3,(H5,14,15,16,17,18). The Morgan fingerprint density at radius 2 is 2.05 bits per heavy atom. The molecule has 1 aromatic heterocycles. The fourth-order valence-electron chi connectivity index (χ4n) is 1.75. The van der Waals surface area contributed by atoms with Crippen molar-refractivity contribution in [3.63, 3.8) is 0 Å². The number of anilines is 4. The lowest BCUT2D eigenvalue weighted by atomic mass is 10.2. The summed E-state index contributed by atoms with van der Waals surface area (Å²) >= 11 is 0. The number of benzene rings is 1. The summed E-state index contributed by atoms with van der Waals surface area (Å²) in [6.45, 7) is 1.95. The molecule has 0 aliphatic rings. The molecule has 0 aliphatic carbocycles. The molecule has 7 heteroatoms. The molecule has 1 aromatic carbocycles. The zero-order chi connectivity index (χ0) is 14.7. The van der Waals surface area contributed by atoms with Crippen LogP contribution in [-0.4, -0.2) is 23.0 Å². The molecule has 0 bridgehead atoms. The fraction of sp³-hybridized carbons (Fsp3) is 0.154. The van der Waals surface area contributed by atoms with Crippen LogP contribution >= 0.6 is 0 Å². The van der Waals surface area contributed by atoms with Crippen LogP contribution in [0.1, 0.15) is 15.9 Å². The van der Waals surface area contributed by atoms with Crippen LogP contribution in [0.15, 0.2) is 24.3 Å². The highest BCUT2D eigenvalue weighted by Crippen LogP contribution is 2.24. The van der Waals surface area contributed by atoms with E-state index >= 15 is 0 Å². The van der Waals surface area contributed by atoms with Crippen molar-refractivity contribution in [3.05, 3.63) is 35.4 Å². The van der Waals surface area contributed by atoms with E-state index in [-0.39, 0.29) is 23.1 Å². The quantitative estimate of drug-likeness (QED) is 0.725. The number of carbonyl (C=O) groups excluding carboxylic acids is 1. The number of hydrogen-bond acceptors (Lipinski definition) is 7. The maximum absolute atomic E-state index is 11.8. The van der Waals surface area contributed by atoms with Crippen molar-refractivity contribution in [1.82, 2.24) is 9.97 Å². The monoisotopic (exact) mass is 273 g/mol. The van der Waals surface area contributed by atoms with Crippen molar-refractivity contribution in [1.29, 1.82) is 0 Å². The zero-order valence-corrected chi connectivity index (χ0v) is 11.2. The molecule has 1 heterocycles. The lowest BCUT2D eigenvalue weighted by Crippen LogP contribution is -2.14. The van der Waals surface area contributed by atoms with Gasteiger partial charge in [-0.05, 0) is 24.6 Å². The van der Waals surface area contributed by atoms with Crippen LogP contribution in [0.3, 0.4) is 0 Å². The maximum atomic E-state index is 11.8. The summed E-state index contributed by atoms with van der Waals surface area (Å²) in [4.78, 5) is 19.5. The predicted molar refractivity (Wildman–Crippen MR) is 76.7 cm³/mol. The van der Waals surface area contributed by atoms with Crippen LogP contribution in [-0.2, 0) is 4.74 Å². The number of nitrogens with zero attached hydrogens (tertiary/aromatic N) is 2. The first kappa shape index (κ1) is 13.6. The summed E-state index contributed by atoms with van der Waals surface area (Å²) in [5.74, 6) is -0.463. The molecule has 0 radical (unpaired) electrons. The summed E-state index contributed by atoms with van der Waals surface area (Å²) in [7, 11) is 1.26. The highest BCUT2D eigenvalue weighted by atomic mass is 16.5. The van der Waals surface area contributed by atoms with E-state index in [4.69, 9.17) is 11.5 Å². The number of aryl methyl sites for hydroxylation is 1. The van der Waals surface area contributed by atoms with E-state index in [0.717, 1.165) is 11.3 Å². The summed E-state index contributed by atoms with van der Waals surface area (Å²) in [6, 6.07) is 7.57. The predicted octanol–water partition coefficient (Wildman–Crippen LogP) is 1.48. The highest BCUT2D eigenvalue weighted by Gasteiger charge is 2.19. The number of nitrogen functional groups attached to an aromatic ring is 2. The van der Waals surface area contributed by atoms with Crippen LogP contribution in [0.25, 0.3) is 0 Å². The molecule has 0 aliphatic heterocycles. The second kappa shape index (κ2) is 5.43. The SMILES string of the molecule is COC(=O)c1c(N)nc(N)nc1Nc1cccc(C)c1. The highest BCUT2D eigenvalue weighted by molar-refractivity contribution is 6.00. The van der Waals surface area contributed by atoms with Gasteiger partial charge in [0.2, 0.25) is 5.95 Å². The Bertz CT molecular complexity index is 657. The molecule has 7 nitrogen and oxygen atoms in total. The zero-order valence-electron chi connectivity index (χ0n) is 11.2. The first-order valence-electron chi connectivity index (χ1n) is 5.86. The number of nitrogens with one attached hydrogen (secondary N) is 1. The molecule has 2 rings (SSSR count). The van der Waals surface area contributed by atoms with E-state index in [2.05, 4.69) is 20.0 Å². The molecule has 0 saturated carbocycles. The molecule has 5 N–H and O–H groups in total. The number of methoxy groups -OCH3 is 1. The number of esters is 1. The average molecular weight is 273 g/mol. The minimum absolute atomic E-state index is 0.0229. The van der Waals surface area contributed by atoms with E-state index in [9.17, 15) is 4.79 Å². The second-order valence-corrected chi connectivity index (χ2v) is 4.18. The van der Waals surface area contributed by atoms with Gasteiger partial charge in [0.15, 0.2) is 5.82 Å². The third-order valence-corrected chi connectivity index (χ3v) is 2.62. The molecule has 0 spiro atoms. The molecular formula is C13H15N5O2. The van der Waals surface area contributed by atoms with Gasteiger partial charge in [-0.15, -0.1) is 0 Å². The first-order chi connectivity index (χ1) is 9.51. The van der Waals surface area contributed by atoms with E-state index in [0.29, 0.717) is 0 Å². The molecule has 0 unspecified atom stereocenters. The number of carbonyl (C=O) groups is 1. The Morgan fingerprint density at radius 3 is 2.70 bits per heavy atom. The summed E-state index contributed by atoms with van der Waals surface area (Å²) in [6.07, 6.45) is 0. The summed E-state index contributed by atoms with van der Waals surface area (Å²) in [5.41, 5.74) is 13.1. The second-order valence-electron chi connectivity index (χ2n) is 4.18. The first-order valence-corrected chi connectivity index (χ1v) is 5.86. The van der Waals surface area contributed by atoms with E-state index in [1.165, 1.54) is 7.11 Å². The van der Waals surface area contributed by atoms with Crippen molar-refractivity contribution in [3.8, 4) is 0 Å². The van der Waals surface area contributed by atoms with Gasteiger partial charge in [0.05, 0.1) is 7.11 Å². The van der Waals surface area contributed by atoms with Crippen LogP contribution in [0.4, 0.5) is 23.3 Å². The molecule has 0 saturated heterocycles. The van der Waals surface area contributed by atoms with Crippen molar-refractivity contribution < 1.29 is 9.53 Å². The van der Waals surface area contributed by atoms with Gasteiger partial charge in [0, 0.05) is 5.69 Å². The number of nitrogens with two attached hydrogens (primary N) is 2. The van der Waals surface area contributed by atoms with Gasteiger partial charge in [-0.25, -0.2) is 4.79 Å². The molecule has 0 fully saturated rings. The van der Waals surface area contributed by atoms with Gasteiger partial charge in [-0.2, -0.15) is 9.97 Å². The van der Waals surface area contributed by atoms with E-state index in [1.807, 2.05) is 31.2 Å². The van der Waals surface area contributed by atoms with E-state index < -0.39 is 5.97 Å². The Balaban J connectivity index is 2.47. The van der Waals surface area contributed by atoms with Crippen LogP contribution < -0.4 is 16.8 Å². The van der Waals surface area contributed by atoms with Gasteiger partial charge >= 0.3 is 5.97 Å². The Labute approximate surface area is 116 Å². The fourth-order valence-corrected chi connectivity index (χ4v) is 1.75.